The van der Waals surface area contributed by atoms with E-state index in [2.05, 4.69) is 4.98 Å². The minimum absolute atomic E-state index is 0. The fourth-order valence-corrected chi connectivity index (χ4v) is 0.964. The Morgan fingerprint density at radius 2 is 2.23 bits per heavy atom. The van der Waals surface area contributed by atoms with Gasteiger partial charge in [-0.1, -0.05) is 0 Å². The first-order chi connectivity index (χ1) is 5.62. The highest BCUT2D eigenvalue weighted by Crippen LogP contribution is 2.41. The number of oxazole rings is 1. The summed E-state index contributed by atoms with van der Waals surface area (Å²) >= 11 is 0. The van der Waals surface area contributed by atoms with Crippen LogP contribution in [0.3, 0.4) is 0 Å². The lowest BCUT2D eigenvalue weighted by molar-refractivity contribution is 0.0995. The quantitative estimate of drug-likeness (QED) is 0.786. The molecule has 0 atom stereocenters. The number of hydrogen-bond acceptors (Lipinski definition) is 4. The van der Waals surface area contributed by atoms with Crippen molar-refractivity contribution in [3.8, 4) is 0 Å². The second kappa shape index (κ2) is 3.12. The number of halogens is 1. The molecule has 6 heteroatoms. The Balaban J connectivity index is 0.000000845. The average Bonchev–Trinajstić information content (AvgIpc) is 2.61. The molecule has 1 fully saturated rings. The number of rotatable bonds is 2. The Kier molecular flexibility index (Phi) is 2.44. The van der Waals surface area contributed by atoms with Gasteiger partial charge in [0.15, 0.2) is 5.69 Å². The van der Waals surface area contributed by atoms with Crippen molar-refractivity contribution in [2.45, 2.75) is 18.4 Å². The molecule has 0 aromatic carbocycles. The lowest BCUT2D eigenvalue weighted by Crippen LogP contribution is -2.20. The Bertz CT molecular complexity index is 332. The summed E-state index contributed by atoms with van der Waals surface area (Å²) in [5.74, 6) is -0.175. The van der Waals surface area contributed by atoms with E-state index in [0.29, 0.717) is 5.89 Å². The van der Waals surface area contributed by atoms with E-state index in [1.807, 2.05) is 0 Å². The van der Waals surface area contributed by atoms with Gasteiger partial charge in [-0.3, -0.25) is 4.79 Å². The van der Waals surface area contributed by atoms with Crippen molar-refractivity contribution >= 4 is 22.9 Å². The van der Waals surface area contributed by atoms with Gasteiger partial charge < -0.3 is 15.9 Å². The van der Waals surface area contributed by atoms with Gasteiger partial charge in [-0.25, -0.2) is 4.98 Å². The van der Waals surface area contributed by atoms with Crippen molar-refractivity contribution in [1.82, 2.24) is 4.98 Å². The lowest BCUT2D eigenvalue weighted by atomic mass is 10.3. The van der Waals surface area contributed by atoms with Gasteiger partial charge in [-0.05, 0) is 12.8 Å². The summed E-state index contributed by atoms with van der Waals surface area (Å²) in [7, 11) is 0. The average molecular weight is 248 g/mol. The van der Waals surface area contributed by atoms with Crippen molar-refractivity contribution in [3.05, 3.63) is 17.8 Å². The molecule has 0 unspecified atom stereocenters. The van der Waals surface area contributed by atoms with Crippen LogP contribution in [0.15, 0.2) is 10.7 Å². The summed E-state index contributed by atoms with van der Waals surface area (Å²) in [4.78, 5) is 14.5. The maximum Gasteiger partial charge on any atom is 0.270 e. The minimum atomic E-state index is -0.589. The molecule has 1 aromatic rings. The molecule has 1 aliphatic rings. The van der Waals surface area contributed by atoms with Crippen molar-refractivity contribution < 1.29 is 9.21 Å². The Morgan fingerprint density at radius 3 is 2.62 bits per heavy atom. The van der Waals surface area contributed by atoms with Gasteiger partial charge in [0, 0.05) is 0 Å². The highest BCUT2D eigenvalue weighted by atomic mass is 79.9. The number of hydrogen-bond donors (Lipinski definition) is 2. The fraction of sp³-hybridized carbons (Fsp3) is 0.429. The summed E-state index contributed by atoms with van der Waals surface area (Å²) < 4.78 is 5.02. The number of amides is 1. The third kappa shape index (κ3) is 1.73. The molecule has 72 valence electrons. The van der Waals surface area contributed by atoms with Gasteiger partial charge in [-0.2, -0.15) is 0 Å². The molecule has 1 heterocycles. The van der Waals surface area contributed by atoms with E-state index in [4.69, 9.17) is 15.9 Å². The van der Waals surface area contributed by atoms with Crippen LogP contribution in [0.1, 0.15) is 29.2 Å². The zero-order valence-corrected chi connectivity index (χ0v) is 8.53. The summed E-state index contributed by atoms with van der Waals surface area (Å²) in [5, 5.41) is 0. The first kappa shape index (κ1) is 10.2. The van der Waals surface area contributed by atoms with E-state index in [9.17, 15) is 4.79 Å². The highest BCUT2D eigenvalue weighted by Gasteiger charge is 2.45. The van der Waals surface area contributed by atoms with E-state index in [1.54, 1.807) is 0 Å². The molecule has 2 rings (SSSR count). The van der Waals surface area contributed by atoms with Crippen LogP contribution in [0.4, 0.5) is 0 Å². The largest absolute Gasteiger partial charge is 0.446 e. The van der Waals surface area contributed by atoms with Crippen LogP contribution in [0, 0.1) is 0 Å². The third-order valence-electron chi connectivity index (χ3n) is 1.97. The maximum absolute atomic E-state index is 10.6. The van der Waals surface area contributed by atoms with Crippen LogP contribution >= 0.6 is 17.0 Å². The van der Waals surface area contributed by atoms with E-state index < -0.39 is 11.4 Å². The Hall–Kier alpha value is -0.880. The highest BCUT2D eigenvalue weighted by molar-refractivity contribution is 8.93. The van der Waals surface area contributed by atoms with Crippen LogP contribution in [0.2, 0.25) is 0 Å². The van der Waals surface area contributed by atoms with Crippen LogP contribution in [-0.2, 0) is 5.54 Å². The first-order valence-electron chi connectivity index (χ1n) is 3.66. The Morgan fingerprint density at radius 1 is 1.62 bits per heavy atom. The predicted octanol–water partition coefficient (Wildman–Crippen LogP) is 0.299. The normalized spacial score (nSPS) is 17.6. The van der Waals surface area contributed by atoms with Gasteiger partial charge >= 0.3 is 0 Å². The number of nitrogens with zero attached hydrogens (tertiary/aromatic N) is 1. The lowest BCUT2D eigenvalue weighted by Gasteiger charge is -1.99. The molecule has 0 bridgehead atoms. The molecule has 0 saturated heterocycles. The number of primary amides is 1. The summed E-state index contributed by atoms with van der Waals surface area (Å²) in [6, 6.07) is 0. The van der Waals surface area contributed by atoms with E-state index in [-0.39, 0.29) is 22.7 Å². The van der Waals surface area contributed by atoms with Gasteiger partial charge in [0.2, 0.25) is 5.89 Å². The summed E-state index contributed by atoms with van der Waals surface area (Å²) in [6.07, 6.45) is 2.95. The van der Waals surface area contributed by atoms with Crippen LogP contribution in [0.5, 0.6) is 0 Å². The van der Waals surface area contributed by atoms with Crippen LogP contribution in [-0.4, -0.2) is 10.9 Å². The molecule has 0 aliphatic heterocycles. The molecular formula is C7H10BrN3O2. The molecule has 1 aliphatic carbocycles. The predicted molar refractivity (Wildman–Crippen MR) is 50.4 cm³/mol. The van der Waals surface area contributed by atoms with Crippen molar-refractivity contribution in [2.75, 3.05) is 0 Å². The van der Waals surface area contributed by atoms with Crippen LogP contribution in [0.25, 0.3) is 0 Å². The van der Waals surface area contributed by atoms with Crippen LogP contribution < -0.4 is 11.5 Å². The second-order valence-corrected chi connectivity index (χ2v) is 3.06. The molecule has 1 aromatic heterocycles. The molecule has 1 amide bonds. The number of carbonyl (C=O) groups is 1. The topological polar surface area (TPSA) is 95.1 Å². The van der Waals surface area contributed by atoms with Gasteiger partial charge in [-0.15, -0.1) is 17.0 Å². The fourth-order valence-electron chi connectivity index (χ4n) is 0.964. The summed E-state index contributed by atoms with van der Waals surface area (Å²) in [5.41, 5.74) is 10.5. The molecule has 5 nitrogen and oxygen atoms in total. The smallest absolute Gasteiger partial charge is 0.270 e. The summed E-state index contributed by atoms with van der Waals surface area (Å²) in [6.45, 7) is 0. The standard InChI is InChI=1S/C7H9N3O2.BrH/c8-5(11)4-3-12-6(10-4)7(9)1-2-7;/h3H,1-2,9H2,(H2,8,11);1H. The van der Waals surface area contributed by atoms with Gasteiger partial charge in [0.05, 0.1) is 5.54 Å². The molecule has 1 saturated carbocycles. The van der Waals surface area contributed by atoms with E-state index in [0.717, 1.165) is 12.8 Å². The van der Waals surface area contributed by atoms with Crippen molar-refractivity contribution in [1.29, 1.82) is 0 Å². The molecular weight excluding hydrogens is 238 g/mol. The molecule has 0 radical (unpaired) electrons. The van der Waals surface area contributed by atoms with Gasteiger partial charge in [0.25, 0.3) is 5.91 Å². The van der Waals surface area contributed by atoms with Crippen molar-refractivity contribution in [2.24, 2.45) is 11.5 Å². The Labute approximate surface area is 85.3 Å². The van der Waals surface area contributed by atoms with E-state index >= 15 is 0 Å². The SMILES string of the molecule is Br.NC(=O)c1coc(C2(N)CC2)n1. The maximum atomic E-state index is 10.6. The number of carbonyl (C=O) groups excluding carboxylic acids is 1. The zero-order valence-electron chi connectivity index (χ0n) is 6.82. The third-order valence-corrected chi connectivity index (χ3v) is 1.97. The molecule has 0 spiro atoms. The number of nitrogens with two attached hydrogens (primary N) is 2. The monoisotopic (exact) mass is 247 g/mol. The molecule has 4 N–H and O–H groups in total. The van der Waals surface area contributed by atoms with E-state index in [1.165, 1.54) is 6.26 Å². The van der Waals surface area contributed by atoms with Gasteiger partial charge in [0.1, 0.15) is 6.26 Å². The second-order valence-electron chi connectivity index (χ2n) is 3.06. The minimum Gasteiger partial charge on any atom is -0.446 e. The first-order valence-corrected chi connectivity index (χ1v) is 3.66. The molecule has 13 heavy (non-hydrogen) atoms. The zero-order chi connectivity index (χ0) is 8.77. The van der Waals surface area contributed by atoms with Crippen molar-refractivity contribution in [3.63, 3.8) is 0 Å². The number of aromatic nitrogens is 1.